The molecule has 0 fully saturated rings. The molecule has 0 saturated heterocycles. The van der Waals surface area contributed by atoms with Gasteiger partial charge >= 0.3 is 5.63 Å². The van der Waals surface area contributed by atoms with Gasteiger partial charge in [-0.05, 0) is 31.2 Å². The van der Waals surface area contributed by atoms with E-state index in [1.807, 2.05) is 0 Å². The fourth-order valence-corrected chi connectivity index (χ4v) is 3.87. The summed E-state index contributed by atoms with van der Waals surface area (Å²) >= 11 is 0. The monoisotopic (exact) mass is 475 g/mol. The highest BCUT2D eigenvalue weighted by atomic mass is 16.5. The van der Waals surface area contributed by atoms with Crippen LogP contribution in [0.3, 0.4) is 0 Å². The van der Waals surface area contributed by atoms with Gasteiger partial charge in [0.05, 0.1) is 39.8 Å². The highest BCUT2D eigenvalue weighted by Gasteiger charge is 2.21. The molecule has 0 amide bonds. The van der Waals surface area contributed by atoms with Gasteiger partial charge in [-0.25, -0.2) is 14.8 Å². The van der Waals surface area contributed by atoms with Gasteiger partial charge in [-0.15, -0.1) is 5.10 Å². The summed E-state index contributed by atoms with van der Waals surface area (Å²) in [5.74, 6) is 2.17. The molecule has 0 saturated carbocycles. The molecule has 0 bridgehead atoms. The number of fused-ring (bicyclic) bond motifs is 3. The summed E-state index contributed by atoms with van der Waals surface area (Å²) in [6.07, 6.45) is 0. The number of aromatic nitrogens is 5. The fourth-order valence-electron chi connectivity index (χ4n) is 3.87. The van der Waals surface area contributed by atoms with Crippen LogP contribution in [0.1, 0.15) is 5.69 Å². The van der Waals surface area contributed by atoms with Crippen molar-refractivity contribution in [1.29, 1.82) is 0 Å². The van der Waals surface area contributed by atoms with Crippen LogP contribution in [0.2, 0.25) is 0 Å². The average Bonchev–Trinajstić information content (AvgIpc) is 3.31. The van der Waals surface area contributed by atoms with Gasteiger partial charge in [0.1, 0.15) is 16.7 Å². The molecule has 0 aliphatic rings. The molecule has 3 aromatic heterocycles. The third kappa shape index (κ3) is 3.57. The molecule has 35 heavy (non-hydrogen) atoms. The van der Waals surface area contributed by atoms with Crippen molar-refractivity contribution in [2.45, 2.75) is 6.92 Å². The molecule has 11 heteroatoms. The summed E-state index contributed by atoms with van der Waals surface area (Å²) < 4.78 is 28.5. The average molecular weight is 475 g/mol. The van der Waals surface area contributed by atoms with Crippen LogP contribution in [-0.4, -0.2) is 53.4 Å². The smallest absolute Gasteiger partial charge is 0.349 e. The van der Waals surface area contributed by atoms with E-state index < -0.39 is 5.63 Å². The molecular weight excluding hydrogens is 454 g/mol. The van der Waals surface area contributed by atoms with E-state index in [9.17, 15) is 4.79 Å². The molecule has 0 aliphatic heterocycles. The maximum absolute atomic E-state index is 12.9. The zero-order valence-corrected chi connectivity index (χ0v) is 19.6. The Morgan fingerprint density at radius 1 is 0.857 bits per heavy atom. The van der Waals surface area contributed by atoms with Crippen LogP contribution in [0.25, 0.3) is 39.2 Å². The Bertz CT molecular complexity index is 1600. The van der Waals surface area contributed by atoms with E-state index in [0.29, 0.717) is 56.6 Å². The third-order valence-corrected chi connectivity index (χ3v) is 5.58. The summed E-state index contributed by atoms with van der Waals surface area (Å²) in [4.78, 5) is 22.1. The number of benzene rings is 2. The van der Waals surface area contributed by atoms with E-state index in [0.717, 1.165) is 0 Å². The molecule has 2 aromatic carbocycles. The summed E-state index contributed by atoms with van der Waals surface area (Å²) in [5, 5.41) is 8.82. The molecule has 0 unspecified atom stereocenters. The van der Waals surface area contributed by atoms with Gasteiger partial charge < -0.3 is 23.4 Å². The molecular formula is C24H21N5O6. The molecule has 5 rings (SSSR count). The van der Waals surface area contributed by atoms with Crippen molar-refractivity contribution in [1.82, 2.24) is 25.0 Å². The van der Waals surface area contributed by atoms with Gasteiger partial charge in [0.2, 0.25) is 11.6 Å². The molecule has 0 spiro atoms. The lowest BCUT2D eigenvalue weighted by Crippen LogP contribution is -2.08. The van der Waals surface area contributed by atoms with E-state index in [-0.39, 0.29) is 11.3 Å². The fraction of sp³-hybridized carbons (Fsp3) is 0.208. The molecule has 11 nitrogen and oxygen atoms in total. The molecule has 3 heterocycles. The molecule has 178 valence electrons. The van der Waals surface area contributed by atoms with E-state index in [2.05, 4.69) is 20.3 Å². The van der Waals surface area contributed by atoms with Crippen LogP contribution in [0, 0.1) is 6.92 Å². The maximum Gasteiger partial charge on any atom is 0.349 e. The topological polar surface area (TPSA) is 124 Å². The SMILES string of the molecule is COc1ccc(-c2nc3c(c(C)nc4c3nnn4-c3cc(OC)c(OC)c(OC)c3)c(=O)o2)cc1. The largest absolute Gasteiger partial charge is 0.497 e. The second-order valence-electron chi connectivity index (χ2n) is 7.51. The number of methoxy groups -OCH3 is 4. The minimum Gasteiger partial charge on any atom is -0.497 e. The van der Waals surface area contributed by atoms with Crippen molar-refractivity contribution in [2.75, 3.05) is 28.4 Å². The Morgan fingerprint density at radius 2 is 1.54 bits per heavy atom. The van der Waals surface area contributed by atoms with E-state index in [1.54, 1.807) is 50.4 Å². The van der Waals surface area contributed by atoms with Crippen LogP contribution in [0.15, 0.2) is 45.6 Å². The summed E-state index contributed by atoms with van der Waals surface area (Å²) in [6, 6.07) is 10.5. The van der Waals surface area contributed by atoms with Crippen LogP contribution < -0.4 is 24.6 Å². The van der Waals surface area contributed by atoms with Gasteiger partial charge in [0, 0.05) is 17.7 Å². The van der Waals surface area contributed by atoms with Gasteiger partial charge in [-0.2, -0.15) is 4.68 Å². The summed E-state index contributed by atoms with van der Waals surface area (Å²) in [5.41, 5.74) is 2.16. The Balaban J connectivity index is 1.75. The van der Waals surface area contributed by atoms with Crippen molar-refractivity contribution < 1.29 is 23.4 Å². The zero-order chi connectivity index (χ0) is 24.7. The Morgan fingerprint density at radius 3 is 2.14 bits per heavy atom. The number of nitrogens with zero attached hydrogens (tertiary/aromatic N) is 5. The van der Waals surface area contributed by atoms with Crippen LogP contribution in [0.5, 0.6) is 23.0 Å². The molecule has 0 radical (unpaired) electrons. The minimum atomic E-state index is -0.560. The highest BCUT2D eigenvalue weighted by molar-refractivity contribution is 6.00. The van der Waals surface area contributed by atoms with Crippen LogP contribution in [0.4, 0.5) is 0 Å². The van der Waals surface area contributed by atoms with Crippen molar-refractivity contribution in [3.05, 3.63) is 52.5 Å². The predicted molar refractivity (Wildman–Crippen MR) is 127 cm³/mol. The predicted octanol–water partition coefficient (Wildman–Crippen LogP) is 3.33. The Kier molecular flexibility index (Phi) is 5.44. The number of hydrogen-bond donors (Lipinski definition) is 0. The molecule has 0 atom stereocenters. The number of aryl methyl sites for hydroxylation is 1. The van der Waals surface area contributed by atoms with Gasteiger partial charge in [0.25, 0.3) is 0 Å². The number of rotatable bonds is 6. The molecule has 5 aromatic rings. The summed E-state index contributed by atoms with van der Waals surface area (Å²) in [6.45, 7) is 1.71. The van der Waals surface area contributed by atoms with Crippen molar-refractivity contribution in [3.63, 3.8) is 0 Å². The van der Waals surface area contributed by atoms with E-state index >= 15 is 0 Å². The zero-order valence-electron chi connectivity index (χ0n) is 19.6. The van der Waals surface area contributed by atoms with E-state index in [4.69, 9.17) is 23.4 Å². The van der Waals surface area contributed by atoms with E-state index in [1.165, 1.54) is 26.0 Å². The second-order valence-corrected chi connectivity index (χ2v) is 7.51. The number of ether oxygens (including phenoxy) is 4. The summed E-state index contributed by atoms with van der Waals surface area (Å²) in [7, 11) is 6.16. The van der Waals surface area contributed by atoms with Crippen molar-refractivity contribution in [3.8, 4) is 40.1 Å². The first-order valence-corrected chi connectivity index (χ1v) is 10.5. The Hall–Kier alpha value is -4.67. The highest BCUT2D eigenvalue weighted by Crippen LogP contribution is 2.39. The number of hydrogen-bond acceptors (Lipinski definition) is 10. The Labute approximate surface area is 198 Å². The minimum absolute atomic E-state index is 0.152. The first-order chi connectivity index (χ1) is 17.0. The van der Waals surface area contributed by atoms with Gasteiger partial charge in [-0.3, -0.25) is 0 Å². The lowest BCUT2D eigenvalue weighted by Gasteiger charge is -2.14. The second kappa shape index (κ2) is 8.60. The van der Waals surface area contributed by atoms with Crippen molar-refractivity contribution in [2.24, 2.45) is 0 Å². The quantitative estimate of drug-likeness (QED) is 0.361. The first-order valence-electron chi connectivity index (χ1n) is 10.5. The standard InChI is InChI=1S/C24H21N5O6/c1-12-18-19(26-23(35-24(18)30)13-6-8-15(31-2)9-7-13)20-22(25-12)29(28-27-20)14-10-16(32-3)21(34-5)17(11-14)33-4/h6-11H,1-5H3. The lowest BCUT2D eigenvalue weighted by atomic mass is 10.2. The lowest BCUT2D eigenvalue weighted by molar-refractivity contribution is 0.324. The molecule has 0 N–H and O–H groups in total. The van der Waals surface area contributed by atoms with Gasteiger partial charge in [0.15, 0.2) is 22.7 Å². The van der Waals surface area contributed by atoms with Gasteiger partial charge in [-0.1, -0.05) is 5.21 Å². The normalized spacial score (nSPS) is 11.1. The third-order valence-electron chi connectivity index (χ3n) is 5.58. The number of pyridine rings is 1. The van der Waals surface area contributed by atoms with Crippen LogP contribution in [-0.2, 0) is 0 Å². The van der Waals surface area contributed by atoms with Crippen LogP contribution >= 0.6 is 0 Å². The maximum atomic E-state index is 12.9. The first kappa shape index (κ1) is 22.1. The molecule has 0 aliphatic carbocycles. The van der Waals surface area contributed by atoms with Crippen molar-refractivity contribution >= 4 is 22.1 Å².